The Morgan fingerprint density at radius 3 is 2.83 bits per heavy atom. The number of hydrogen-bond donors (Lipinski definition) is 0. The summed E-state index contributed by atoms with van der Waals surface area (Å²) in [4.78, 5) is 14.1. The first-order valence-corrected chi connectivity index (χ1v) is 10.2. The molecule has 1 aliphatic heterocycles. The standard InChI is InChI=1S/C23H24N4O2/c1-25-14-18-9-8-17(11-21(18)23(25)28)22-20(7-4-10-27(22)29)19-12-24-26(15-19)13-16-5-2-3-6-16/h4,7-12,15-16H,2-3,5-6,13-14H2,1H3. The highest BCUT2D eigenvalue weighted by atomic mass is 16.5. The average molecular weight is 388 g/mol. The van der Waals surface area contributed by atoms with Crippen LogP contribution in [0.25, 0.3) is 22.4 Å². The fraction of sp³-hybridized carbons (Fsp3) is 0.348. The van der Waals surface area contributed by atoms with Crippen molar-refractivity contribution in [3.8, 4) is 22.4 Å². The normalized spacial score (nSPS) is 16.6. The van der Waals surface area contributed by atoms with Gasteiger partial charge in [-0.2, -0.15) is 9.83 Å². The quantitative estimate of drug-likeness (QED) is 0.506. The largest absolute Gasteiger partial charge is 0.618 e. The predicted molar refractivity (Wildman–Crippen MR) is 110 cm³/mol. The van der Waals surface area contributed by atoms with Gasteiger partial charge in [0.2, 0.25) is 5.69 Å². The van der Waals surface area contributed by atoms with Crippen LogP contribution in [0.1, 0.15) is 41.6 Å². The number of hydrogen-bond acceptors (Lipinski definition) is 3. The maximum atomic E-state index is 12.7. The lowest BCUT2D eigenvalue weighted by Crippen LogP contribution is -2.29. The number of pyridine rings is 1. The zero-order valence-electron chi connectivity index (χ0n) is 16.5. The Balaban J connectivity index is 1.53. The van der Waals surface area contributed by atoms with Gasteiger partial charge in [0.25, 0.3) is 5.91 Å². The van der Waals surface area contributed by atoms with Gasteiger partial charge >= 0.3 is 0 Å². The molecule has 0 bridgehead atoms. The minimum absolute atomic E-state index is 0.00108. The molecule has 2 aliphatic rings. The highest BCUT2D eigenvalue weighted by molar-refractivity contribution is 5.99. The van der Waals surface area contributed by atoms with E-state index >= 15 is 0 Å². The molecule has 0 radical (unpaired) electrons. The SMILES string of the molecule is CN1Cc2ccc(-c3c(-c4cnn(CC5CCCC5)c4)ccc[n+]3[O-])cc2C1=O. The lowest BCUT2D eigenvalue weighted by Gasteiger charge is -2.10. The minimum atomic E-state index is 0.00108. The lowest BCUT2D eigenvalue weighted by molar-refractivity contribution is -0.593. The molecule has 1 amide bonds. The Morgan fingerprint density at radius 2 is 2.00 bits per heavy atom. The smallest absolute Gasteiger partial charge is 0.254 e. The van der Waals surface area contributed by atoms with E-state index in [0.29, 0.717) is 23.7 Å². The van der Waals surface area contributed by atoms with Gasteiger partial charge in [-0.25, -0.2) is 0 Å². The number of amides is 1. The topological polar surface area (TPSA) is 65.1 Å². The molecule has 1 saturated carbocycles. The monoisotopic (exact) mass is 388 g/mol. The van der Waals surface area contributed by atoms with Gasteiger partial charge in [0.05, 0.1) is 11.8 Å². The Labute approximate surface area is 170 Å². The molecule has 0 atom stereocenters. The van der Waals surface area contributed by atoms with Crippen molar-refractivity contribution in [2.75, 3.05) is 7.05 Å². The number of aromatic nitrogens is 3. The Hall–Kier alpha value is -3.15. The first kappa shape index (κ1) is 17.9. The Bertz CT molecular complexity index is 1080. The molecule has 3 aromatic rings. The van der Waals surface area contributed by atoms with Crippen LogP contribution in [0.5, 0.6) is 0 Å². The van der Waals surface area contributed by atoms with E-state index < -0.39 is 0 Å². The summed E-state index contributed by atoms with van der Waals surface area (Å²) >= 11 is 0. The molecule has 0 saturated heterocycles. The van der Waals surface area contributed by atoms with Gasteiger partial charge in [0, 0.05) is 49.1 Å². The first-order valence-electron chi connectivity index (χ1n) is 10.2. The number of carbonyl (C=O) groups excluding carboxylic acids is 1. The summed E-state index contributed by atoms with van der Waals surface area (Å²) in [5, 5.41) is 17.3. The third-order valence-electron chi connectivity index (χ3n) is 6.19. The van der Waals surface area contributed by atoms with Crippen LogP contribution in [-0.4, -0.2) is 27.6 Å². The van der Waals surface area contributed by atoms with Crippen LogP contribution >= 0.6 is 0 Å². The van der Waals surface area contributed by atoms with Crippen molar-refractivity contribution < 1.29 is 9.52 Å². The van der Waals surface area contributed by atoms with Crippen LogP contribution in [0.15, 0.2) is 48.9 Å². The molecule has 6 nitrogen and oxygen atoms in total. The molecule has 0 spiro atoms. The number of benzene rings is 1. The summed E-state index contributed by atoms with van der Waals surface area (Å²) in [5.74, 6) is 0.698. The highest BCUT2D eigenvalue weighted by Gasteiger charge is 2.27. The average Bonchev–Trinajstić information content (AvgIpc) is 3.45. The molecule has 6 heteroatoms. The molecule has 5 rings (SSSR count). The molecular weight excluding hydrogens is 364 g/mol. The summed E-state index contributed by atoms with van der Waals surface area (Å²) in [6, 6.07) is 9.43. The van der Waals surface area contributed by atoms with E-state index in [4.69, 9.17) is 0 Å². The molecule has 3 heterocycles. The van der Waals surface area contributed by atoms with Crippen molar-refractivity contribution in [1.82, 2.24) is 14.7 Å². The van der Waals surface area contributed by atoms with Gasteiger partial charge in [-0.05, 0) is 42.5 Å². The zero-order valence-corrected chi connectivity index (χ0v) is 16.5. The van der Waals surface area contributed by atoms with Crippen molar-refractivity contribution in [3.63, 3.8) is 0 Å². The predicted octanol–water partition coefficient (Wildman–Crippen LogP) is 3.63. The van der Waals surface area contributed by atoms with E-state index in [1.807, 2.05) is 41.3 Å². The highest BCUT2D eigenvalue weighted by Crippen LogP contribution is 2.33. The lowest BCUT2D eigenvalue weighted by atomic mass is 9.98. The van der Waals surface area contributed by atoms with Gasteiger partial charge in [0.1, 0.15) is 0 Å². The second-order valence-electron chi connectivity index (χ2n) is 8.23. The summed E-state index contributed by atoms with van der Waals surface area (Å²) in [7, 11) is 1.79. The summed E-state index contributed by atoms with van der Waals surface area (Å²) in [5.41, 5.74) is 4.74. The van der Waals surface area contributed by atoms with E-state index in [0.717, 1.165) is 33.5 Å². The van der Waals surface area contributed by atoms with Crippen LogP contribution in [0.4, 0.5) is 0 Å². The van der Waals surface area contributed by atoms with Crippen molar-refractivity contribution >= 4 is 5.91 Å². The van der Waals surface area contributed by atoms with Crippen LogP contribution in [-0.2, 0) is 13.1 Å². The van der Waals surface area contributed by atoms with Gasteiger partial charge in [-0.1, -0.05) is 18.9 Å². The fourth-order valence-electron chi connectivity index (χ4n) is 4.66. The Morgan fingerprint density at radius 1 is 1.17 bits per heavy atom. The molecule has 29 heavy (non-hydrogen) atoms. The molecule has 0 N–H and O–H groups in total. The van der Waals surface area contributed by atoms with Gasteiger partial charge < -0.3 is 10.1 Å². The minimum Gasteiger partial charge on any atom is -0.618 e. The molecule has 2 aromatic heterocycles. The molecular formula is C23H24N4O2. The second-order valence-corrected chi connectivity index (χ2v) is 8.23. The van der Waals surface area contributed by atoms with Crippen molar-refractivity contribution in [1.29, 1.82) is 0 Å². The van der Waals surface area contributed by atoms with Crippen LogP contribution in [0, 0.1) is 11.1 Å². The van der Waals surface area contributed by atoms with E-state index in [-0.39, 0.29) is 5.91 Å². The maximum Gasteiger partial charge on any atom is 0.254 e. The number of carbonyl (C=O) groups is 1. The summed E-state index contributed by atoms with van der Waals surface area (Å²) in [6.07, 6.45) is 10.5. The summed E-state index contributed by atoms with van der Waals surface area (Å²) in [6.45, 7) is 1.54. The van der Waals surface area contributed by atoms with Crippen molar-refractivity contribution in [2.45, 2.75) is 38.8 Å². The molecule has 0 unspecified atom stereocenters. The maximum absolute atomic E-state index is 12.7. The van der Waals surface area contributed by atoms with Gasteiger partial charge in [-0.15, -0.1) is 0 Å². The fourth-order valence-corrected chi connectivity index (χ4v) is 4.66. The third kappa shape index (κ3) is 3.18. The van der Waals surface area contributed by atoms with Crippen molar-refractivity contribution in [3.05, 3.63) is 65.3 Å². The van der Waals surface area contributed by atoms with E-state index in [2.05, 4.69) is 5.10 Å². The van der Waals surface area contributed by atoms with Crippen LogP contribution in [0.2, 0.25) is 0 Å². The van der Waals surface area contributed by atoms with E-state index in [1.54, 1.807) is 18.0 Å². The van der Waals surface area contributed by atoms with Crippen molar-refractivity contribution in [2.24, 2.45) is 5.92 Å². The van der Waals surface area contributed by atoms with Gasteiger partial charge in [0.15, 0.2) is 6.20 Å². The number of fused-ring (bicyclic) bond motifs is 1. The van der Waals surface area contributed by atoms with Gasteiger partial charge in [-0.3, -0.25) is 9.48 Å². The second kappa shape index (κ2) is 7.03. The third-order valence-corrected chi connectivity index (χ3v) is 6.19. The molecule has 1 fully saturated rings. The van der Waals surface area contributed by atoms with Crippen LogP contribution in [0.3, 0.4) is 0 Å². The molecule has 148 valence electrons. The van der Waals surface area contributed by atoms with Crippen LogP contribution < -0.4 is 4.73 Å². The summed E-state index contributed by atoms with van der Waals surface area (Å²) < 4.78 is 2.88. The molecule has 1 aromatic carbocycles. The zero-order chi connectivity index (χ0) is 20.0. The number of nitrogens with zero attached hydrogens (tertiary/aromatic N) is 4. The van der Waals surface area contributed by atoms with E-state index in [9.17, 15) is 10.0 Å². The molecule has 1 aliphatic carbocycles. The van der Waals surface area contributed by atoms with E-state index in [1.165, 1.54) is 31.9 Å². The number of rotatable bonds is 4. The Kier molecular flexibility index (Phi) is 4.34. The first-order chi connectivity index (χ1) is 14.1.